The summed E-state index contributed by atoms with van der Waals surface area (Å²) in [4.78, 5) is 27.0. The van der Waals surface area contributed by atoms with Gasteiger partial charge in [0.25, 0.3) is 5.91 Å². The van der Waals surface area contributed by atoms with Crippen LogP contribution in [0, 0.1) is 5.41 Å². The van der Waals surface area contributed by atoms with Gasteiger partial charge in [-0.2, -0.15) is 0 Å². The monoisotopic (exact) mass is 365 g/mol. The lowest BCUT2D eigenvalue weighted by atomic mass is 9.82. The van der Waals surface area contributed by atoms with Gasteiger partial charge in [0, 0.05) is 12.0 Å². The van der Waals surface area contributed by atoms with Gasteiger partial charge in [-0.3, -0.25) is 9.59 Å². The van der Waals surface area contributed by atoms with E-state index in [-0.39, 0.29) is 22.1 Å². The Morgan fingerprint density at radius 1 is 1.28 bits per heavy atom. The van der Waals surface area contributed by atoms with Gasteiger partial charge in [0.2, 0.25) is 0 Å². The van der Waals surface area contributed by atoms with Crippen molar-refractivity contribution in [1.82, 2.24) is 4.90 Å². The Balaban J connectivity index is 2.58. The predicted molar refractivity (Wildman–Crippen MR) is 96.6 cm³/mol. The molecule has 1 aliphatic rings. The zero-order valence-corrected chi connectivity index (χ0v) is 15.7. The van der Waals surface area contributed by atoms with Crippen molar-refractivity contribution in [2.45, 2.75) is 46.6 Å². The number of hydrogen-bond donors (Lipinski definition) is 2. The number of hydrogen-bond acceptors (Lipinski definition) is 4. The summed E-state index contributed by atoms with van der Waals surface area (Å²) in [7, 11) is 0. The van der Waals surface area contributed by atoms with Gasteiger partial charge in [0.15, 0.2) is 11.5 Å². The normalized spacial score (nSPS) is 18.2. The summed E-state index contributed by atoms with van der Waals surface area (Å²) in [6.45, 7) is 7.66. The van der Waals surface area contributed by atoms with Crippen molar-refractivity contribution in [1.29, 1.82) is 0 Å². The van der Waals surface area contributed by atoms with Gasteiger partial charge >= 0.3 is 0 Å². The number of phenolic OH excluding ortho intramolecular Hbond substituents is 1. The molecule has 5 nitrogen and oxygen atoms in total. The lowest BCUT2D eigenvalue weighted by Gasteiger charge is -2.29. The van der Waals surface area contributed by atoms with Crippen LogP contribution in [0.25, 0.3) is 0 Å². The highest BCUT2D eigenvalue weighted by molar-refractivity contribution is 6.32. The molecule has 2 rings (SSSR count). The Labute approximate surface area is 152 Å². The molecular formula is C19H24ClNO4. The van der Waals surface area contributed by atoms with Crippen LogP contribution < -0.4 is 0 Å². The zero-order valence-electron chi connectivity index (χ0n) is 15.0. The van der Waals surface area contributed by atoms with Crippen LogP contribution in [0.4, 0.5) is 0 Å². The Bertz CT molecular complexity index is 733. The average molecular weight is 366 g/mol. The number of aliphatic hydroxyl groups is 1. The third kappa shape index (κ3) is 3.66. The number of carbonyl (C=O) groups is 2. The largest absolute Gasteiger partial charge is 0.506 e. The average Bonchev–Trinajstić information content (AvgIpc) is 2.78. The SMILES string of the molecule is CCCCN1C(=O)C(O)=C(C(=O)C(C)(C)C)C1c1ccc(O)c(Cl)c1. The van der Waals surface area contributed by atoms with Crippen molar-refractivity contribution < 1.29 is 19.8 Å². The van der Waals surface area contributed by atoms with Gasteiger partial charge in [-0.1, -0.05) is 51.8 Å². The van der Waals surface area contributed by atoms with Crippen molar-refractivity contribution in [3.63, 3.8) is 0 Å². The standard InChI is InChI=1S/C19H24ClNO4/c1-5-6-9-21-15(11-7-8-13(22)12(20)10-11)14(16(23)18(21)25)17(24)19(2,3)4/h7-8,10,15,22-23H,5-6,9H2,1-4H3. The number of aliphatic hydroxyl groups excluding tert-OH is 1. The molecule has 0 spiro atoms. The first-order valence-electron chi connectivity index (χ1n) is 8.36. The van der Waals surface area contributed by atoms with Gasteiger partial charge in [-0.15, -0.1) is 0 Å². The quantitative estimate of drug-likeness (QED) is 0.821. The van der Waals surface area contributed by atoms with Crippen LogP contribution in [-0.4, -0.2) is 33.3 Å². The van der Waals surface area contributed by atoms with Crippen LogP contribution in [0.2, 0.25) is 5.02 Å². The number of ketones is 1. The third-order valence-electron chi connectivity index (χ3n) is 4.27. The summed E-state index contributed by atoms with van der Waals surface area (Å²) >= 11 is 6.02. The minimum Gasteiger partial charge on any atom is -0.506 e. The van der Waals surface area contributed by atoms with E-state index in [1.807, 2.05) is 6.92 Å². The molecule has 136 valence electrons. The molecule has 1 atom stereocenters. The topological polar surface area (TPSA) is 77.8 Å². The lowest BCUT2D eigenvalue weighted by Crippen LogP contribution is -2.33. The molecule has 0 bridgehead atoms. The molecule has 2 N–H and O–H groups in total. The first-order chi connectivity index (χ1) is 11.6. The van der Waals surface area contributed by atoms with Crippen LogP contribution in [0.15, 0.2) is 29.5 Å². The summed E-state index contributed by atoms with van der Waals surface area (Å²) in [5.41, 5.74) is -0.0668. The first-order valence-corrected chi connectivity index (χ1v) is 8.74. The molecule has 25 heavy (non-hydrogen) atoms. The van der Waals surface area contributed by atoms with Crippen molar-refractivity contribution in [2.24, 2.45) is 5.41 Å². The van der Waals surface area contributed by atoms with Gasteiger partial charge < -0.3 is 15.1 Å². The van der Waals surface area contributed by atoms with E-state index in [4.69, 9.17) is 11.6 Å². The highest BCUT2D eigenvalue weighted by Gasteiger charge is 2.45. The molecular weight excluding hydrogens is 342 g/mol. The van der Waals surface area contributed by atoms with E-state index in [1.165, 1.54) is 17.0 Å². The van der Waals surface area contributed by atoms with Crippen molar-refractivity contribution in [3.05, 3.63) is 40.1 Å². The minimum atomic E-state index is -0.747. The number of benzene rings is 1. The van der Waals surface area contributed by atoms with Crippen LogP contribution in [0.5, 0.6) is 5.75 Å². The first kappa shape index (κ1) is 19.3. The lowest BCUT2D eigenvalue weighted by molar-refractivity contribution is -0.129. The van der Waals surface area contributed by atoms with E-state index in [0.29, 0.717) is 12.1 Å². The molecule has 1 amide bonds. The molecule has 0 saturated carbocycles. The second-order valence-corrected chi connectivity index (χ2v) is 7.71. The Hall–Kier alpha value is -2.01. The predicted octanol–water partition coefficient (Wildman–Crippen LogP) is 4.16. The van der Waals surface area contributed by atoms with Gasteiger partial charge in [-0.25, -0.2) is 0 Å². The summed E-state index contributed by atoms with van der Waals surface area (Å²) < 4.78 is 0. The molecule has 1 unspecified atom stereocenters. The zero-order chi connectivity index (χ0) is 18.9. The highest BCUT2D eigenvalue weighted by Crippen LogP contribution is 2.42. The summed E-state index contributed by atoms with van der Waals surface area (Å²) in [6.07, 6.45) is 1.62. The number of halogens is 1. The fourth-order valence-electron chi connectivity index (χ4n) is 2.89. The van der Waals surface area contributed by atoms with E-state index in [1.54, 1.807) is 26.8 Å². The smallest absolute Gasteiger partial charge is 0.290 e. The number of amides is 1. The number of rotatable bonds is 5. The van der Waals surface area contributed by atoms with E-state index >= 15 is 0 Å². The molecule has 6 heteroatoms. The van der Waals surface area contributed by atoms with E-state index in [0.717, 1.165) is 12.8 Å². The van der Waals surface area contributed by atoms with Gasteiger partial charge in [0.05, 0.1) is 16.6 Å². The van der Waals surface area contributed by atoms with Crippen molar-refractivity contribution in [2.75, 3.05) is 6.54 Å². The highest BCUT2D eigenvalue weighted by atomic mass is 35.5. The molecule has 0 aliphatic carbocycles. The Morgan fingerprint density at radius 3 is 2.44 bits per heavy atom. The number of nitrogens with zero attached hydrogens (tertiary/aromatic N) is 1. The van der Waals surface area contributed by atoms with Gasteiger partial charge in [-0.05, 0) is 24.1 Å². The second kappa shape index (κ2) is 7.08. The fraction of sp³-hybridized carbons (Fsp3) is 0.474. The number of Topliss-reactive ketones (excluding diaryl/α,β-unsaturated/α-hetero) is 1. The van der Waals surface area contributed by atoms with E-state index in [2.05, 4.69) is 0 Å². The molecule has 1 aromatic carbocycles. The molecule has 0 saturated heterocycles. The Kier molecular flexibility index (Phi) is 5.47. The fourth-order valence-corrected chi connectivity index (χ4v) is 3.08. The molecule has 0 fully saturated rings. The summed E-state index contributed by atoms with van der Waals surface area (Å²) in [5.74, 6) is -1.40. The summed E-state index contributed by atoms with van der Waals surface area (Å²) in [6, 6.07) is 3.87. The van der Waals surface area contributed by atoms with Crippen LogP contribution in [-0.2, 0) is 9.59 Å². The van der Waals surface area contributed by atoms with E-state index in [9.17, 15) is 19.8 Å². The van der Waals surface area contributed by atoms with Crippen LogP contribution in [0.3, 0.4) is 0 Å². The molecule has 1 heterocycles. The number of aromatic hydroxyl groups is 1. The third-order valence-corrected chi connectivity index (χ3v) is 4.57. The van der Waals surface area contributed by atoms with Crippen LogP contribution >= 0.6 is 11.6 Å². The minimum absolute atomic E-state index is 0.0771. The molecule has 0 aromatic heterocycles. The molecule has 1 aromatic rings. The van der Waals surface area contributed by atoms with Gasteiger partial charge in [0.1, 0.15) is 5.75 Å². The number of unbranched alkanes of at least 4 members (excludes halogenated alkanes) is 1. The number of carbonyl (C=O) groups excluding carboxylic acids is 2. The number of phenols is 1. The summed E-state index contributed by atoms with van der Waals surface area (Å²) in [5, 5.41) is 20.2. The molecule has 1 aliphatic heterocycles. The maximum absolute atomic E-state index is 12.9. The van der Waals surface area contributed by atoms with Crippen LogP contribution in [0.1, 0.15) is 52.1 Å². The molecule has 0 radical (unpaired) electrons. The maximum atomic E-state index is 12.9. The van der Waals surface area contributed by atoms with E-state index < -0.39 is 23.1 Å². The second-order valence-electron chi connectivity index (χ2n) is 7.31. The van der Waals surface area contributed by atoms with Crippen molar-refractivity contribution in [3.8, 4) is 5.75 Å². The maximum Gasteiger partial charge on any atom is 0.290 e. The van der Waals surface area contributed by atoms with Crippen molar-refractivity contribution >= 4 is 23.3 Å². The Morgan fingerprint density at radius 2 is 1.92 bits per heavy atom.